The number of aromatic nitrogens is 2. The lowest BCUT2D eigenvalue weighted by atomic mass is 10.1. The van der Waals surface area contributed by atoms with E-state index in [1.54, 1.807) is 13.2 Å². The normalized spacial score (nSPS) is 14.8. The highest BCUT2D eigenvalue weighted by atomic mass is 16.5. The van der Waals surface area contributed by atoms with Gasteiger partial charge in [0.1, 0.15) is 5.82 Å². The zero-order chi connectivity index (χ0) is 17.2. The number of H-pyrrole nitrogens is 1. The standard InChI is InChI=1S/C20H20N2O3/c1-24-17-11-10-13(12-18(17)25-14-6-2-3-7-14)19-21-16-9-5-4-8-15(16)20(23)22-19/h4-5,8-12,14H,2-3,6-7H2,1H3,(H,21,22,23). The highest BCUT2D eigenvalue weighted by Gasteiger charge is 2.19. The number of benzene rings is 2. The molecule has 0 aliphatic heterocycles. The second-order valence-corrected chi connectivity index (χ2v) is 6.32. The van der Waals surface area contributed by atoms with Gasteiger partial charge in [0.15, 0.2) is 11.5 Å². The van der Waals surface area contributed by atoms with Gasteiger partial charge in [0.05, 0.1) is 24.1 Å². The molecule has 2 aromatic carbocycles. The van der Waals surface area contributed by atoms with E-state index >= 15 is 0 Å². The first kappa shape index (κ1) is 15.7. The molecule has 0 atom stereocenters. The number of hydrogen-bond acceptors (Lipinski definition) is 4. The lowest BCUT2D eigenvalue weighted by Gasteiger charge is -2.16. The summed E-state index contributed by atoms with van der Waals surface area (Å²) < 4.78 is 11.6. The predicted octanol–water partition coefficient (Wildman–Crippen LogP) is 3.92. The van der Waals surface area contributed by atoms with Gasteiger partial charge in [-0.05, 0) is 56.0 Å². The Morgan fingerprint density at radius 2 is 1.88 bits per heavy atom. The fraction of sp³-hybridized carbons (Fsp3) is 0.300. The van der Waals surface area contributed by atoms with Gasteiger partial charge in [-0.25, -0.2) is 4.98 Å². The number of hydrogen-bond donors (Lipinski definition) is 1. The van der Waals surface area contributed by atoms with Crippen LogP contribution in [-0.2, 0) is 0 Å². The summed E-state index contributed by atoms with van der Waals surface area (Å²) in [6, 6.07) is 13.0. The van der Waals surface area contributed by atoms with Crippen molar-refractivity contribution in [3.8, 4) is 22.9 Å². The summed E-state index contributed by atoms with van der Waals surface area (Å²) in [5, 5.41) is 0.585. The molecule has 0 spiro atoms. The van der Waals surface area contributed by atoms with E-state index in [2.05, 4.69) is 9.97 Å². The predicted molar refractivity (Wildman–Crippen MR) is 97.2 cm³/mol. The number of para-hydroxylation sites is 1. The van der Waals surface area contributed by atoms with Gasteiger partial charge in [-0.15, -0.1) is 0 Å². The molecule has 0 radical (unpaired) electrons. The SMILES string of the molecule is COc1ccc(-c2nc3ccccc3c(=O)[nH]2)cc1OC1CCCC1. The van der Waals surface area contributed by atoms with Crippen molar-refractivity contribution < 1.29 is 9.47 Å². The molecule has 1 saturated carbocycles. The minimum Gasteiger partial charge on any atom is -0.493 e. The molecule has 25 heavy (non-hydrogen) atoms. The van der Waals surface area contributed by atoms with Crippen LogP contribution >= 0.6 is 0 Å². The van der Waals surface area contributed by atoms with E-state index in [9.17, 15) is 4.79 Å². The van der Waals surface area contributed by atoms with E-state index < -0.39 is 0 Å². The van der Waals surface area contributed by atoms with Gasteiger partial charge in [0.25, 0.3) is 5.56 Å². The summed E-state index contributed by atoms with van der Waals surface area (Å²) in [6.45, 7) is 0. The molecule has 0 amide bonds. The number of nitrogens with zero attached hydrogens (tertiary/aromatic N) is 1. The molecule has 1 heterocycles. The third-order valence-corrected chi connectivity index (χ3v) is 4.65. The molecule has 1 N–H and O–H groups in total. The summed E-state index contributed by atoms with van der Waals surface area (Å²) in [4.78, 5) is 19.8. The summed E-state index contributed by atoms with van der Waals surface area (Å²) in [5.41, 5.74) is 1.33. The van der Waals surface area contributed by atoms with Crippen molar-refractivity contribution in [1.29, 1.82) is 0 Å². The summed E-state index contributed by atoms with van der Waals surface area (Å²) in [5.74, 6) is 1.92. The average Bonchev–Trinajstić information content (AvgIpc) is 3.15. The third-order valence-electron chi connectivity index (χ3n) is 4.65. The van der Waals surface area contributed by atoms with Crippen molar-refractivity contribution in [2.45, 2.75) is 31.8 Å². The molecule has 5 nitrogen and oxygen atoms in total. The summed E-state index contributed by atoms with van der Waals surface area (Å²) >= 11 is 0. The minimum absolute atomic E-state index is 0.144. The number of methoxy groups -OCH3 is 1. The summed E-state index contributed by atoms with van der Waals surface area (Å²) in [6.07, 6.45) is 4.77. The van der Waals surface area contributed by atoms with Crippen LogP contribution in [0.3, 0.4) is 0 Å². The monoisotopic (exact) mass is 336 g/mol. The molecule has 0 unspecified atom stereocenters. The van der Waals surface area contributed by atoms with Gasteiger partial charge >= 0.3 is 0 Å². The Labute approximate surface area is 145 Å². The van der Waals surface area contributed by atoms with Crippen molar-refractivity contribution in [3.05, 3.63) is 52.8 Å². The van der Waals surface area contributed by atoms with Crippen molar-refractivity contribution >= 4 is 10.9 Å². The molecule has 5 heteroatoms. The number of nitrogens with one attached hydrogen (secondary N) is 1. The maximum Gasteiger partial charge on any atom is 0.259 e. The minimum atomic E-state index is -0.144. The van der Waals surface area contributed by atoms with Crippen LogP contribution in [0, 0.1) is 0 Å². The van der Waals surface area contributed by atoms with Gasteiger partial charge in [-0.1, -0.05) is 12.1 Å². The number of ether oxygens (including phenoxy) is 2. The zero-order valence-electron chi connectivity index (χ0n) is 14.1. The van der Waals surface area contributed by atoms with Gasteiger partial charge in [-0.3, -0.25) is 4.79 Å². The smallest absolute Gasteiger partial charge is 0.259 e. The molecule has 1 fully saturated rings. The Balaban J connectivity index is 1.76. The lowest BCUT2D eigenvalue weighted by molar-refractivity contribution is 0.201. The molecule has 0 bridgehead atoms. The van der Waals surface area contributed by atoms with Crippen LogP contribution in [0.25, 0.3) is 22.3 Å². The maximum atomic E-state index is 12.3. The molecule has 128 valence electrons. The van der Waals surface area contributed by atoms with Crippen LogP contribution in [-0.4, -0.2) is 23.2 Å². The lowest BCUT2D eigenvalue weighted by Crippen LogP contribution is -2.12. The molecule has 3 aromatic rings. The zero-order valence-corrected chi connectivity index (χ0v) is 14.1. The van der Waals surface area contributed by atoms with Crippen molar-refractivity contribution in [2.75, 3.05) is 7.11 Å². The van der Waals surface area contributed by atoms with Crippen LogP contribution in [0.15, 0.2) is 47.3 Å². The van der Waals surface area contributed by atoms with Crippen molar-refractivity contribution in [3.63, 3.8) is 0 Å². The van der Waals surface area contributed by atoms with Crippen LogP contribution in [0.4, 0.5) is 0 Å². The van der Waals surface area contributed by atoms with E-state index in [0.717, 1.165) is 18.4 Å². The van der Waals surface area contributed by atoms with Crippen LogP contribution < -0.4 is 15.0 Å². The Morgan fingerprint density at radius 1 is 1.08 bits per heavy atom. The van der Waals surface area contributed by atoms with Crippen LogP contribution in [0.5, 0.6) is 11.5 Å². The Bertz CT molecular complexity index is 959. The molecule has 0 saturated heterocycles. The van der Waals surface area contributed by atoms with Crippen molar-refractivity contribution in [1.82, 2.24) is 9.97 Å². The number of fused-ring (bicyclic) bond motifs is 1. The first-order chi connectivity index (χ1) is 12.2. The van der Waals surface area contributed by atoms with Gasteiger partial charge in [0.2, 0.25) is 0 Å². The Hall–Kier alpha value is -2.82. The van der Waals surface area contributed by atoms with Crippen LogP contribution in [0.2, 0.25) is 0 Å². The van der Waals surface area contributed by atoms with E-state index in [0.29, 0.717) is 28.2 Å². The number of rotatable bonds is 4. The van der Waals surface area contributed by atoms with Crippen molar-refractivity contribution in [2.24, 2.45) is 0 Å². The first-order valence-electron chi connectivity index (χ1n) is 8.59. The molecule has 1 aliphatic carbocycles. The quantitative estimate of drug-likeness (QED) is 0.784. The number of aromatic amines is 1. The third kappa shape index (κ3) is 3.09. The van der Waals surface area contributed by atoms with E-state index in [1.165, 1.54) is 12.8 Å². The average molecular weight is 336 g/mol. The molecule has 4 rings (SSSR count). The van der Waals surface area contributed by atoms with E-state index in [-0.39, 0.29) is 11.7 Å². The first-order valence-corrected chi connectivity index (χ1v) is 8.59. The highest BCUT2D eigenvalue weighted by molar-refractivity contribution is 5.79. The molecule has 1 aromatic heterocycles. The second kappa shape index (κ2) is 6.59. The molecular formula is C20H20N2O3. The largest absolute Gasteiger partial charge is 0.493 e. The van der Waals surface area contributed by atoms with Gasteiger partial charge in [-0.2, -0.15) is 0 Å². The Kier molecular flexibility index (Phi) is 4.14. The fourth-order valence-corrected chi connectivity index (χ4v) is 3.33. The fourth-order valence-electron chi connectivity index (χ4n) is 3.33. The molecular weight excluding hydrogens is 316 g/mol. The van der Waals surface area contributed by atoms with E-state index in [4.69, 9.17) is 9.47 Å². The van der Waals surface area contributed by atoms with E-state index in [1.807, 2.05) is 36.4 Å². The van der Waals surface area contributed by atoms with Gasteiger partial charge < -0.3 is 14.5 Å². The topological polar surface area (TPSA) is 64.2 Å². The maximum absolute atomic E-state index is 12.3. The highest BCUT2D eigenvalue weighted by Crippen LogP contribution is 2.34. The molecule has 1 aliphatic rings. The Morgan fingerprint density at radius 3 is 2.68 bits per heavy atom. The van der Waals surface area contributed by atoms with Crippen LogP contribution in [0.1, 0.15) is 25.7 Å². The summed E-state index contributed by atoms with van der Waals surface area (Å²) in [7, 11) is 1.63. The second-order valence-electron chi connectivity index (χ2n) is 6.32. The van der Waals surface area contributed by atoms with Gasteiger partial charge in [0, 0.05) is 5.56 Å².